The van der Waals surface area contributed by atoms with Crippen LogP contribution in [-0.4, -0.2) is 65.3 Å². The molecule has 2 aromatic rings. The molecule has 1 saturated carbocycles. The number of benzene rings is 1. The van der Waals surface area contributed by atoms with Crippen molar-refractivity contribution < 1.29 is 24.3 Å². The summed E-state index contributed by atoms with van der Waals surface area (Å²) in [5.74, 6) is -2.06. The first kappa shape index (κ1) is 24.5. The Morgan fingerprint density at radius 1 is 0.971 bits per heavy atom. The lowest BCUT2D eigenvalue weighted by atomic mass is 9.76. The molecule has 4 rings (SSSR count). The number of hydrogen-bond acceptors (Lipinski definition) is 7. The molecule has 1 aromatic carbocycles. The van der Waals surface area contributed by atoms with Crippen LogP contribution in [0.2, 0.25) is 0 Å². The monoisotopic (exact) mass is 481 g/mol. The molecular weight excluding hydrogens is 450 g/mol. The number of amides is 3. The number of nitrogens with one attached hydrogen (secondary N) is 2. The minimum atomic E-state index is -0.772. The first-order valence-electron chi connectivity index (χ1n) is 11.9. The van der Waals surface area contributed by atoms with Gasteiger partial charge in [-0.2, -0.15) is 0 Å². The number of para-hydroxylation sites is 1. The van der Waals surface area contributed by atoms with E-state index in [4.69, 9.17) is 4.74 Å². The van der Waals surface area contributed by atoms with E-state index < -0.39 is 29.9 Å². The molecule has 0 unspecified atom stereocenters. The third-order valence-electron chi connectivity index (χ3n) is 6.74. The zero-order valence-electron chi connectivity index (χ0n) is 19.5. The summed E-state index contributed by atoms with van der Waals surface area (Å²) in [6, 6.07) is 13.6. The summed E-state index contributed by atoms with van der Waals surface area (Å²) in [4.78, 5) is 46.0. The number of hydroxylamine groups is 1. The topological polar surface area (TPSA) is 124 Å². The molecule has 0 spiro atoms. The predicted octanol–water partition coefficient (Wildman–Crippen LogP) is 1.95. The standard InChI is InChI=1S/C25H31N5O5/c31-23(28-34)22-16-20(35-25(33)27-17-18-8-10-26-11-9-18)6-7-21(22)24(32)30-14-12-29(13-15-30)19-4-2-1-3-5-19/h1-5,8-11,20-22,34H,6-7,12-17H2,(H,27,33)(H,28,31)/t20-,21+,22+/m1/s1. The molecule has 10 nitrogen and oxygen atoms in total. The molecule has 186 valence electrons. The van der Waals surface area contributed by atoms with Gasteiger partial charge < -0.3 is 19.9 Å². The number of pyridine rings is 1. The van der Waals surface area contributed by atoms with E-state index in [0.29, 0.717) is 45.6 Å². The molecular formula is C25H31N5O5. The molecule has 1 aromatic heterocycles. The number of nitrogens with zero attached hydrogens (tertiary/aromatic N) is 3. The van der Waals surface area contributed by atoms with Gasteiger partial charge in [0, 0.05) is 50.8 Å². The largest absolute Gasteiger partial charge is 0.446 e. The van der Waals surface area contributed by atoms with E-state index in [-0.39, 0.29) is 12.3 Å². The number of carbonyl (C=O) groups is 3. The van der Waals surface area contributed by atoms with Crippen LogP contribution in [-0.2, 0) is 20.9 Å². The number of hydrogen-bond donors (Lipinski definition) is 3. The Kier molecular flexibility index (Phi) is 8.15. The van der Waals surface area contributed by atoms with Crippen molar-refractivity contribution >= 4 is 23.6 Å². The fourth-order valence-electron chi connectivity index (χ4n) is 4.83. The molecule has 1 aliphatic carbocycles. The van der Waals surface area contributed by atoms with Gasteiger partial charge in [0.25, 0.3) is 0 Å². The molecule has 2 aliphatic rings. The van der Waals surface area contributed by atoms with Crippen LogP contribution in [0.5, 0.6) is 0 Å². The van der Waals surface area contributed by atoms with E-state index in [1.807, 2.05) is 30.3 Å². The first-order valence-corrected chi connectivity index (χ1v) is 11.9. The molecule has 35 heavy (non-hydrogen) atoms. The Morgan fingerprint density at radius 2 is 1.69 bits per heavy atom. The van der Waals surface area contributed by atoms with Gasteiger partial charge >= 0.3 is 6.09 Å². The van der Waals surface area contributed by atoms with Crippen LogP contribution in [0.25, 0.3) is 0 Å². The highest BCUT2D eigenvalue weighted by molar-refractivity contribution is 5.87. The summed E-state index contributed by atoms with van der Waals surface area (Å²) in [7, 11) is 0. The van der Waals surface area contributed by atoms with Crippen molar-refractivity contribution in [2.45, 2.75) is 31.9 Å². The fraction of sp³-hybridized carbons (Fsp3) is 0.440. The third-order valence-corrected chi connectivity index (χ3v) is 6.74. The van der Waals surface area contributed by atoms with Crippen LogP contribution >= 0.6 is 0 Å². The zero-order valence-corrected chi connectivity index (χ0v) is 19.5. The minimum absolute atomic E-state index is 0.0908. The maximum absolute atomic E-state index is 13.3. The summed E-state index contributed by atoms with van der Waals surface area (Å²) in [5, 5.41) is 12.0. The van der Waals surface area contributed by atoms with Gasteiger partial charge in [0.1, 0.15) is 6.10 Å². The van der Waals surface area contributed by atoms with E-state index >= 15 is 0 Å². The average Bonchev–Trinajstić information content (AvgIpc) is 2.92. The Hall–Kier alpha value is -3.66. The summed E-state index contributed by atoms with van der Waals surface area (Å²) in [6.07, 6.45) is 3.22. The number of aromatic nitrogens is 1. The van der Waals surface area contributed by atoms with Gasteiger partial charge in [-0.05, 0) is 49.1 Å². The lowest BCUT2D eigenvalue weighted by molar-refractivity contribution is -0.149. The molecule has 10 heteroatoms. The van der Waals surface area contributed by atoms with E-state index in [1.54, 1.807) is 34.9 Å². The maximum Gasteiger partial charge on any atom is 0.407 e. The molecule has 2 heterocycles. The van der Waals surface area contributed by atoms with Crippen molar-refractivity contribution in [1.29, 1.82) is 0 Å². The summed E-state index contributed by atoms with van der Waals surface area (Å²) in [5.41, 5.74) is 3.70. The van der Waals surface area contributed by atoms with Crippen molar-refractivity contribution in [2.24, 2.45) is 11.8 Å². The number of ether oxygens (including phenoxy) is 1. The molecule has 2 fully saturated rings. The first-order chi connectivity index (χ1) is 17.0. The zero-order chi connectivity index (χ0) is 24.6. The number of rotatable bonds is 6. The van der Waals surface area contributed by atoms with E-state index in [1.165, 1.54) is 0 Å². The highest BCUT2D eigenvalue weighted by atomic mass is 16.6. The smallest absolute Gasteiger partial charge is 0.407 e. The average molecular weight is 482 g/mol. The molecule has 1 saturated heterocycles. The number of alkyl carbamates (subject to hydrolysis) is 1. The second-order valence-electron chi connectivity index (χ2n) is 8.89. The summed E-state index contributed by atoms with van der Waals surface area (Å²) in [6.45, 7) is 2.85. The highest BCUT2D eigenvalue weighted by Gasteiger charge is 2.42. The fourth-order valence-corrected chi connectivity index (χ4v) is 4.83. The summed E-state index contributed by atoms with van der Waals surface area (Å²) < 4.78 is 5.52. The highest BCUT2D eigenvalue weighted by Crippen LogP contribution is 2.34. The van der Waals surface area contributed by atoms with Gasteiger partial charge in [0.15, 0.2) is 0 Å². The van der Waals surface area contributed by atoms with Crippen molar-refractivity contribution in [2.75, 3.05) is 31.1 Å². The molecule has 3 amide bonds. The van der Waals surface area contributed by atoms with Crippen molar-refractivity contribution in [1.82, 2.24) is 20.7 Å². The Balaban J connectivity index is 1.31. The molecule has 1 aliphatic heterocycles. The van der Waals surface area contributed by atoms with Crippen LogP contribution in [0.1, 0.15) is 24.8 Å². The summed E-state index contributed by atoms with van der Waals surface area (Å²) >= 11 is 0. The van der Waals surface area contributed by atoms with Gasteiger partial charge in [-0.15, -0.1) is 0 Å². The molecule has 0 bridgehead atoms. The van der Waals surface area contributed by atoms with Gasteiger partial charge in [0.2, 0.25) is 11.8 Å². The second kappa shape index (κ2) is 11.7. The van der Waals surface area contributed by atoms with Gasteiger partial charge in [-0.3, -0.25) is 19.8 Å². The third kappa shape index (κ3) is 6.27. The lowest BCUT2D eigenvalue weighted by Crippen LogP contribution is -2.53. The van der Waals surface area contributed by atoms with Crippen LogP contribution in [0.15, 0.2) is 54.9 Å². The molecule has 0 radical (unpaired) electrons. The van der Waals surface area contributed by atoms with Gasteiger partial charge in [-0.1, -0.05) is 18.2 Å². The minimum Gasteiger partial charge on any atom is -0.446 e. The Morgan fingerprint density at radius 3 is 2.37 bits per heavy atom. The van der Waals surface area contributed by atoms with Crippen LogP contribution in [0.3, 0.4) is 0 Å². The van der Waals surface area contributed by atoms with E-state index in [2.05, 4.69) is 15.2 Å². The quantitative estimate of drug-likeness (QED) is 0.426. The van der Waals surface area contributed by atoms with Crippen molar-refractivity contribution in [3.8, 4) is 0 Å². The Bertz CT molecular complexity index is 998. The SMILES string of the molecule is O=C(NCc1ccncc1)O[C@@H]1CC[C@H](C(=O)N2CCN(c3ccccc3)CC2)[C@@H](C(=O)NO)C1. The maximum atomic E-state index is 13.3. The Labute approximate surface area is 204 Å². The van der Waals surface area contributed by atoms with Crippen molar-refractivity contribution in [3.05, 3.63) is 60.4 Å². The van der Waals surface area contributed by atoms with Crippen LogP contribution < -0.4 is 15.7 Å². The number of anilines is 1. The number of carbonyl (C=O) groups excluding carboxylic acids is 3. The number of piperazine rings is 1. The predicted molar refractivity (Wildman–Crippen MR) is 127 cm³/mol. The van der Waals surface area contributed by atoms with Crippen LogP contribution in [0.4, 0.5) is 10.5 Å². The van der Waals surface area contributed by atoms with Gasteiger partial charge in [-0.25, -0.2) is 10.3 Å². The van der Waals surface area contributed by atoms with Crippen molar-refractivity contribution in [3.63, 3.8) is 0 Å². The molecule has 3 atom stereocenters. The van der Waals surface area contributed by atoms with E-state index in [9.17, 15) is 19.6 Å². The van der Waals surface area contributed by atoms with E-state index in [0.717, 1.165) is 11.3 Å². The normalized spacial score (nSPS) is 22.3. The second-order valence-corrected chi connectivity index (χ2v) is 8.89. The molecule has 3 N–H and O–H groups in total. The lowest BCUT2D eigenvalue weighted by Gasteiger charge is -2.40. The van der Waals surface area contributed by atoms with Crippen LogP contribution in [0, 0.1) is 11.8 Å². The van der Waals surface area contributed by atoms with Gasteiger partial charge in [0.05, 0.1) is 11.8 Å².